The minimum atomic E-state index is 0.269. The SMILES string of the molecule is Cc1cccc(-c2ncc(Cl)nc2N)c1Cl. The lowest BCUT2D eigenvalue weighted by molar-refractivity contribution is 1.21. The Bertz CT molecular complexity index is 541. The van der Waals surface area contributed by atoms with Gasteiger partial charge in [-0.2, -0.15) is 0 Å². The van der Waals surface area contributed by atoms with E-state index in [9.17, 15) is 0 Å². The van der Waals surface area contributed by atoms with Crippen LogP contribution in [0.4, 0.5) is 5.82 Å². The van der Waals surface area contributed by atoms with E-state index in [1.54, 1.807) is 0 Å². The molecular weight excluding hydrogens is 245 g/mol. The lowest BCUT2D eigenvalue weighted by Gasteiger charge is -2.07. The number of nitrogens with zero attached hydrogens (tertiary/aromatic N) is 2. The van der Waals surface area contributed by atoms with Crippen LogP contribution in [0.3, 0.4) is 0 Å². The summed E-state index contributed by atoms with van der Waals surface area (Å²) in [6.07, 6.45) is 1.45. The molecule has 0 aliphatic carbocycles. The Hall–Kier alpha value is -1.32. The van der Waals surface area contributed by atoms with Crippen molar-refractivity contribution < 1.29 is 0 Å². The number of nitrogen functional groups attached to an aromatic ring is 1. The molecule has 0 aliphatic heterocycles. The highest BCUT2D eigenvalue weighted by atomic mass is 35.5. The Balaban J connectivity index is 2.63. The van der Waals surface area contributed by atoms with Crippen molar-refractivity contribution in [1.82, 2.24) is 9.97 Å². The molecule has 1 heterocycles. The molecule has 1 aromatic carbocycles. The summed E-state index contributed by atoms with van der Waals surface area (Å²) in [5.41, 5.74) is 8.04. The summed E-state index contributed by atoms with van der Waals surface area (Å²) in [5.74, 6) is 0.278. The van der Waals surface area contributed by atoms with Gasteiger partial charge in [0.25, 0.3) is 0 Å². The zero-order valence-corrected chi connectivity index (χ0v) is 10.0. The van der Waals surface area contributed by atoms with Crippen molar-refractivity contribution in [3.63, 3.8) is 0 Å². The second-order valence-corrected chi connectivity index (χ2v) is 4.13. The van der Waals surface area contributed by atoms with E-state index < -0.39 is 0 Å². The zero-order chi connectivity index (χ0) is 11.7. The van der Waals surface area contributed by atoms with Crippen molar-refractivity contribution in [2.75, 3.05) is 5.73 Å². The second kappa shape index (κ2) is 4.28. The molecule has 1 aromatic heterocycles. The lowest BCUT2D eigenvalue weighted by Crippen LogP contribution is -1.98. The van der Waals surface area contributed by atoms with Crippen molar-refractivity contribution in [1.29, 1.82) is 0 Å². The van der Waals surface area contributed by atoms with E-state index >= 15 is 0 Å². The Kier molecular flexibility index (Phi) is 2.99. The molecule has 0 aliphatic rings. The van der Waals surface area contributed by atoms with Gasteiger partial charge in [0.05, 0.1) is 11.2 Å². The van der Waals surface area contributed by atoms with Crippen LogP contribution < -0.4 is 5.73 Å². The lowest BCUT2D eigenvalue weighted by atomic mass is 10.1. The molecule has 0 bridgehead atoms. The van der Waals surface area contributed by atoms with E-state index in [0.29, 0.717) is 10.7 Å². The van der Waals surface area contributed by atoms with Gasteiger partial charge < -0.3 is 5.73 Å². The van der Waals surface area contributed by atoms with Crippen LogP contribution in [0.25, 0.3) is 11.3 Å². The van der Waals surface area contributed by atoms with Gasteiger partial charge in [-0.25, -0.2) is 9.97 Å². The van der Waals surface area contributed by atoms with Crippen molar-refractivity contribution in [2.45, 2.75) is 6.92 Å². The quantitative estimate of drug-likeness (QED) is 0.849. The molecular formula is C11H9Cl2N3. The molecule has 16 heavy (non-hydrogen) atoms. The van der Waals surface area contributed by atoms with E-state index in [0.717, 1.165) is 11.1 Å². The minimum absolute atomic E-state index is 0.269. The standard InChI is InChI=1S/C11H9Cl2N3/c1-6-3-2-4-7(9(6)13)10-11(14)16-8(12)5-15-10/h2-5H,1H3,(H2,14,16). The van der Waals surface area contributed by atoms with E-state index in [2.05, 4.69) is 9.97 Å². The third kappa shape index (κ3) is 1.96. The number of anilines is 1. The summed E-state index contributed by atoms with van der Waals surface area (Å²) in [5, 5.41) is 0.899. The number of benzene rings is 1. The maximum Gasteiger partial charge on any atom is 0.151 e. The molecule has 0 saturated heterocycles. The monoisotopic (exact) mass is 253 g/mol. The third-order valence-electron chi connectivity index (χ3n) is 2.22. The van der Waals surface area contributed by atoms with Gasteiger partial charge in [0.2, 0.25) is 0 Å². The third-order valence-corrected chi connectivity index (χ3v) is 2.90. The Labute approximate surface area is 103 Å². The average molecular weight is 254 g/mol. The summed E-state index contributed by atoms with van der Waals surface area (Å²) in [7, 11) is 0. The van der Waals surface area contributed by atoms with Gasteiger partial charge in [-0.05, 0) is 12.5 Å². The van der Waals surface area contributed by atoms with Crippen LogP contribution in [-0.4, -0.2) is 9.97 Å². The Morgan fingerprint density at radius 1 is 1.25 bits per heavy atom. The number of rotatable bonds is 1. The van der Waals surface area contributed by atoms with Crippen LogP contribution in [0, 0.1) is 6.92 Å². The molecule has 3 nitrogen and oxygen atoms in total. The van der Waals surface area contributed by atoms with E-state index in [1.165, 1.54) is 6.20 Å². The molecule has 0 amide bonds. The molecule has 2 rings (SSSR count). The molecule has 0 unspecified atom stereocenters. The number of aromatic nitrogens is 2. The summed E-state index contributed by atoms with van der Waals surface area (Å²) < 4.78 is 0. The van der Waals surface area contributed by atoms with Crippen LogP contribution in [-0.2, 0) is 0 Å². The molecule has 5 heteroatoms. The van der Waals surface area contributed by atoms with Gasteiger partial charge in [0.15, 0.2) is 5.82 Å². The average Bonchev–Trinajstić information content (AvgIpc) is 2.23. The van der Waals surface area contributed by atoms with Gasteiger partial charge in [-0.15, -0.1) is 0 Å². The van der Waals surface area contributed by atoms with Crippen molar-refractivity contribution in [3.05, 3.63) is 40.1 Å². The first kappa shape index (κ1) is 11.2. The molecule has 0 saturated carbocycles. The smallest absolute Gasteiger partial charge is 0.151 e. The van der Waals surface area contributed by atoms with Crippen molar-refractivity contribution in [2.24, 2.45) is 0 Å². The first-order chi connectivity index (χ1) is 7.59. The van der Waals surface area contributed by atoms with Crippen LogP contribution in [0.5, 0.6) is 0 Å². The van der Waals surface area contributed by atoms with E-state index in [4.69, 9.17) is 28.9 Å². The van der Waals surface area contributed by atoms with Gasteiger partial charge in [-0.3, -0.25) is 0 Å². The predicted octanol–water partition coefficient (Wildman–Crippen LogP) is 3.34. The van der Waals surface area contributed by atoms with Gasteiger partial charge >= 0.3 is 0 Å². The topological polar surface area (TPSA) is 51.8 Å². The van der Waals surface area contributed by atoms with E-state index in [-0.39, 0.29) is 11.0 Å². The highest BCUT2D eigenvalue weighted by Crippen LogP contribution is 2.31. The second-order valence-electron chi connectivity index (χ2n) is 3.36. The van der Waals surface area contributed by atoms with Gasteiger partial charge in [0.1, 0.15) is 10.8 Å². The summed E-state index contributed by atoms with van der Waals surface area (Å²) >= 11 is 11.9. The number of hydrogen-bond donors (Lipinski definition) is 1. The van der Waals surface area contributed by atoms with Gasteiger partial charge in [0, 0.05) is 5.56 Å². The van der Waals surface area contributed by atoms with Crippen molar-refractivity contribution >= 4 is 29.0 Å². The normalized spacial score (nSPS) is 10.4. The fraction of sp³-hybridized carbons (Fsp3) is 0.0909. The zero-order valence-electron chi connectivity index (χ0n) is 8.54. The van der Waals surface area contributed by atoms with Crippen LogP contribution in [0.1, 0.15) is 5.56 Å². The number of aryl methyl sites for hydroxylation is 1. The van der Waals surface area contributed by atoms with Crippen LogP contribution in [0.15, 0.2) is 24.4 Å². The molecule has 0 atom stereocenters. The molecule has 0 radical (unpaired) electrons. The van der Waals surface area contributed by atoms with Crippen LogP contribution in [0.2, 0.25) is 10.2 Å². The number of nitrogens with two attached hydrogens (primary N) is 1. The Morgan fingerprint density at radius 2 is 2.00 bits per heavy atom. The molecule has 0 fully saturated rings. The number of hydrogen-bond acceptors (Lipinski definition) is 3. The summed E-state index contributed by atoms with van der Waals surface area (Å²) in [6.45, 7) is 1.92. The fourth-order valence-electron chi connectivity index (χ4n) is 1.42. The highest BCUT2D eigenvalue weighted by Gasteiger charge is 2.11. The number of halogens is 2. The molecule has 2 N–H and O–H groups in total. The first-order valence-corrected chi connectivity index (χ1v) is 5.38. The van der Waals surface area contributed by atoms with Crippen LogP contribution >= 0.6 is 23.2 Å². The largest absolute Gasteiger partial charge is 0.382 e. The predicted molar refractivity (Wildman–Crippen MR) is 66.6 cm³/mol. The molecule has 2 aromatic rings. The summed E-state index contributed by atoms with van der Waals surface area (Å²) in [6, 6.07) is 5.67. The fourth-order valence-corrected chi connectivity index (χ4v) is 1.77. The maximum absolute atomic E-state index is 6.18. The van der Waals surface area contributed by atoms with Gasteiger partial charge in [-0.1, -0.05) is 41.4 Å². The minimum Gasteiger partial charge on any atom is -0.382 e. The van der Waals surface area contributed by atoms with E-state index in [1.807, 2.05) is 25.1 Å². The first-order valence-electron chi connectivity index (χ1n) is 4.63. The Morgan fingerprint density at radius 3 is 2.69 bits per heavy atom. The maximum atomic E-state index is 6.18. The van der Waals surface area contributed by atoms with Crippen molar-refractivity contribution in [3.8, 4) is 11.3 Å². The highest BCUT2D eigenvalue weighted by molar-refractivity contribution is 6.34. The summed E-state index contributed by atoms with van der Waals surface area (Å²) in [4.78, 5) is 8.09. The molecule has 0 spiro atoms. The molecule has 82 valence electrons.